The summed E-state index contributed by atoms with van der Waals surface area (Å²) in [5.41, 5.74) is 7.45. The van der Waals surface area contributed by atoms with Crippen LogP contribution < -0.4 is 10.5 Å². The minimum absolute atomic E-state index is 0.300. The fourth-order valence-electron chi connectivity index (χ4n) is 3.17. The standard InChI is InChI=1S/C20H22F3N3O/c1-3-5-16(24)19-25-17-11-14(20(21,22)23)8-9-18(17)26(19)12-13-6-4-7-15(10-13)27-2/h4,6-11,16H,3,5,12,24H2,1-2H3/t16-/m0/s1. The average Bonchev–Trinajstić information content (AvgIpc) is 2.99. The Morgan fingerprint density at radius 3 is 2.63 bits per heavy atom. The number of methoxy groups -OCH3 is 1. The van der Waals surface area contributed by atoms with Crippen LogP contribution in [0.15, 0.2) is 42.5 Å². The molecule has 0 aliphatic carbocycles. The van der Waals surface area contributed by atoms with Crippen molar-refractivity contribution in [1.82, 2.24) is 9.55 Å². The number of alkyl halides is 3. The molecule has 1 atom stereocenters. The van der Waals surface area contributed by atoms with Gasteiger partial charge >= 0.3 is 6.18 Å². The predicted octanol–water partition coefficient (Wildman–Crippen LogP) is 4.91. The van der Waals surface area contributed by atoms with Crippen molar-refractivity contribution in [3.8, 4) is 5.75 Å². The molecule has 144 valence electrons. The Bertz CT molecular complexity index is 934. The van der Waals surface area contributed by atoms with Crippen molar-refractivity contribution < 1.29 is 17.9 Å². The van der Waals surface area contributed by atoms with E-state index in [1.165, 1.54) is 6.07 Å². The van der Waals surface area contributed by atoms with Crippen LogP contribution in [0, 0.1) is 0 Å². The average molecular weight is 377 g/mol. The van der Waals surface area contributed by atoms with E-state index in [1.807, 2.05) is 35.8 Å². The van der Waals surface area contributed by atoms with Gasteiger partial charge < -0.3 is 15.0 Å². The second-order valence-corrected chi connectivity index (χ2v) is 6.50. The topological polar surface area (TPSA) is 53.1 Å². The quantitative estimate of drug-likeness (QED) is 0.664. The highest BCUT2D eigenvalue weighted by Crippen LogP contribution is 2.32. The molecule has 2 aromatic carbocycles. The largest absolute Gasteiger partial charge is 0.497 e. The Hall–Kier alpha value is -2.54. The maximum atomic E-state index is 13.1. The molecule has 0 amide bonds. The number of fused-ring (bicyclic) bond motifs is 1. The van der Waals surface area contributed by atoms with E-state index in [0.29, 0.717) is 29.8 Å². The van der Waals surface area contributed by atoms with Crippen molar-refractivity contribution in [2.75, 3.05) is 7.11 Å². The van der Waals surface area contributed by atoms with Crippen molar-refractivity contribution in [1.29, 1.82) is 0 Å². The van der Waals surface area contributed by atoms with E-state index in [-0.39, 0.29) is 6.04 Å². The van der Waals surface area contributed by atoms with Gasteiger partial charge in [-0.2, -0.15) is 13.2 Å². The molecule has 0 fully saturated rings. The second-order valence-electron chi connectivity index (χ2n) is 6.50. The molecule has 4 nitrogen and oxygen atoms in total. The van der Waals surface area contributed by atoms with E-state index in [9.17, 15) is 13.2 Å². The van der Waals surface area contributed by atoms with Crippen LogP contribution in [0.2, 0.25) is 0 Å². The predicted molar refractivity (Wildman–Crippen MR) is 98.7 cm³/mol. The molecule has 0 aliphatic rings. The summed E-state index contributed by atoms with van der Waals surface area (Å²) in [6, 6.07) is 10.8. The molecule has 1 heterocycles. The first kappa shape index (κ1) is 19.2. The molecule has 0 bridgehead atoms. The number of hydrogen-bond acceptors (Lipinski definition) is 3. The summed E-state index contributed by atoms with van der Waals surface area (Å²) in [7, 11) is 1.59. The van der Waals surface area contributed by atoms with Crippen molar-refractivity contribution in [3.63, 3.8) is 0 Å². The number of imidazole rings is 1. The number of halogens is 3. The van der Waals surface area contributed by atoms with E-state index in [4.69, 9.17) is 10.5 Å². The number of rotatable bonds is 6. The first-order chi connectivity index (χ1) is 12.8. The van der Waals surface area contributed by atoms with Gasteiger partial charge in [-0.05, 0) is 42.3 Å². The third-order valence-corrected chi connectivity index (χ3v) is 4.51. The van der Waals surface area contributed by atoms with Crippen molar-refractivity contribution >= 4 is 11.0 Å². The Balaban J connectivity index is 2.10. The first-order valence-electron chi connectivity index (χ1n) is 8.79. The van der Waals surface area contributed by atoms with Crippen LogP contribution in [0.5, 0.6) is 5.75 Å². The lowest BCUT2D eigenvalue weighted by Gasteiger charge is -2.15. The van der Waals surface area contributed by atoms with Gasteiger partial charge in [-0.25, -0.2) is 4.98 Å². The molecule has 1 aromatic heterocycles. The maximum absolute atomic E-state index is 13.1. The molecule has 0 saturated carbocycles. The van der Waals surface area contributed by atoms with Crippen molar-refractivity contribution in [2.45, 2.75) is 38.5 Å². The molecule has 2 N–H and O–H groups in total. The van der Waals surface area contributed by atoms with Crippen molar-refractivity contribution in [3.05, 3.63) is 59.4 Å². The lowest BCUT2D eigenvalue weighted by molar-refractivity contribution is -0.137. The minimum Gasteiger partial charge on any atom is -0.497 e. The maximum Gasteiger partial charge on any atom is 0.416 e. The Morgan fingerprint density at radius 2 is 1.96 bits per heavy atom. The number of benzene rings is 2. The summed E-state index contributed by atoms with van der Waals surface area (Å²) in [4.78, 5) is 4.45. The van der Waals surface area contributed by atoms with Crippen LogP contribution in [-0.4, -0.2) is 16.7 Å². The van der Waals surface area contributed by atoms with Gasteiger partial charge in [0, 0.05) is 6.54 Å². The van der Waals surface area contributed by atoms with Gasteiger partial charge in [-0.15, -0.1) is 0 Å². The van der Waals surface area contributed by atoms with Gasteiger partial charge in [0.05, 0.1) is 29.7 Å². The van der Waals surface area contributed by atoms with Crippen molar-refractivity contribution in [2.24, 2.45) is 5.73 Å². The zero-order chi connectivity index (χ0) is 19.6. The molecule has 0 saturated heterocycles. The lowest BCUT2D eigenvalue weighted by Crippen LogP contribution is -2.17. The molecule has 0 aliphatic heterocycles. The minimum atomic E-state index is -4.41. The lowest BCUT2D eigenvalue weighted by atomic mass is 10.1. The number of nitrogens with zero attached hydrogens (tertiary/aromatic N) is 2. The molecular weight excluding hydrogens is 355 g/mol. The zero-order valence-electron chi connectivity index (χ0n) is 15.3. The van der Waals surface area contributed by atoms with Crippen LogP contribution in [0.4, 0.5) is 13.2 Å². The summed E-state index contributed by atoms with van der Waals surface area (Å²) in [6.45, 7) is 2.46. The van der Waals surface area contributed by atoms with Crippen LogP contribution in [-0.2, 0) is 12.7 Å². The third kappa shape index (κ3) is 4.08. The summed E-state index contributed by atoms with van der Waals surface area (Å²) in [6.07, 6.45) is -2.85. The number of hydrogen-bond donors (Lipinski definition) is 1. The fourth-order valence-corrected chi connectivity index (χ4v) is 3.17. The zero-order valence-corrected chi connectivity index (χ0v) is 15.3. The molecule has 3 rings (SSSR count). The SMILES string of the molecule is CCC[C@H](N)c1nc2cc(C(F)(F)F)ccc2n1Cc1cccc(OC)c1. The highest BCUT2D eigenvalue weighted by atomic mass is 19.4. The first-order valence-corrected chi connectivity index (χ1v) is 8.79. The Labute approximate surface area is 155 Å². The second kappa shape index (κ2) is 7.60. The summed E-state index contributed by atoms with van der Waals surface area (Å²) < 4.78 is 46.3. The van der Waals surface area contributed by atoms with E-state index in [0.717, 1.165) is 29.9 Å². The highest BCUT2D eigenvalue weighted by molar-refractivity contribution is 5.77. The molecule has 0 radical (unpaired) electrons. The summed E-state index contributed by atoms with van der Waals surface area (Å²) in [5, 5.41) is 0. The molecule has 0 unspecified atom stereocenters. The van der Waals surface area contributed by atoms with Gasteiger partial charge in [-0.3, -0.25) is 0 Å². The normalized spacial score (nSPS) is 13.1. The Morgan fingerprint density at radius 1 is 1.19 bits per heavy atom. The van der Waals surface area contributed by atoms with Gasteiger partial charge in [0.15, 0.2) is 0 Å². The van der Waals surface area contributed by atoms with Gasteiger partial charge in [0.2, 0.25) is 0 Å². The van der Waals surface area contributed by atoms with Crippen LogP contribution >= 0.6 is 0 Å². The van der Waals surface area contributed by atoms with Gasteiger partial charge in [0.25, 0.3) is 0 Å². The number of nitrogens with two attached hydrogens (primary N) is 1. The van der Waals surface area contributed by atoms with Crippen LogP contribution in [0.3, 0.4) is 0 Å². The molecular formula is C20H22F3N3O. The summed E-state index contributed by atoms with van der Waals surface area (Å²) in [5.74, 6) is 1.31. The Kier molecular flexibility index (Phi) is 5.41. The van der Waals surface area contributed by atoms with E-state index >= 15 is 0 Å². The monoisotopic (exact) mass is 377 g/mol. The van der Waals surface area contributed by atoms with Gasteiger partial charge in [-0.1, -0.05) is 25.5 Å². The smallest absolute Gasteiger partial charge is 0.416 e. The molecule has 7 heteroatoms. The van der Waals surface area contributed by atoms with E-state index in [1.54, 1.807) is 7.11 Å². The fraction of sp³-hybridized carbons (Fsp3) is 0.350. The van der Waals surface area contributed by atoms with E-state index < -0.39 is 11.7 Å². The van der Waals surface area contributed by atoms with Crippen LogP contribution in [0.25, 0.3) is 11.0 Å². The molecule has 3 aromatic rings. The van der Waals surface area contributed by atoms with Crippen LogP contribution in [0.1, 0.15) is 42.8 Å². The van der Waals surface area contributed by atoms with E-state index in [2.05, 4.69) is 4.98 Å². The summed E-state index contributed by atoms with van der Waals surface area (Å²) >= 11 is 0. The molecule has 27 heavy (non-hydrogen) atoms. The van der Waals surface area contributed by atoms with Gasteiger partial charge in [0.1, 0.15) is 11.6 Å². The third-order valence-electron chi connectivity index (χ3n) is 4.51. The number of ether oxygens (including phenoxy) is 1. The number of aromatic nitrogens is 2. The molecule has 0 spiro atoms. The highest BCUT2D eigenvalue weighted by Gasteiger charge is 2.31.